The van der Waals surface area contributed by atoms with Crippen LogP contribution in [-0.2, 0) is 0 Å². The molecule has 3 unspecified atom stereocenters. The van der Waals surface area contributed by atoms with Gasteiger partial charge in [-0.2, -0.15) is 0 Å². The Morgan fingerprint density at radius 1 is 0.955 bits per heavy atom. The molecule has 2 nitrogen and oxygen atoms in total. The van der Waals surface area contributed by atoms with Gasteiger partial charge in [-0.1, -0.05) is 26.7 Å². The zero-order valence-electron chi connectivity index (χ0n) is 14.0. The van der Waals surface area contributed by atoms with Crippen molar-refractivity contribution in [3.8, 4) is 0 Å². The summed E-state index contributed by atoms with van der Waals surface area (Å²) in [5.41, 5.74) is -0.312. The lowest BCUT2D eigenvalue weighted by molar-refractivity contribution is -0.222. The number of fused-ring (bicyclic) bond motifs is 5. The number of rotatable bonds is 0. The largest absolute Gasteiger partial charge is 0.393 e. The Morgan fingerprint density at radius 2 is 1.68 bits per heavy atom. The molecule has 0 amide bonds. The number of hydrogen-bond donors (Lipinski definition) is 2. The van der Waals surface area contributed by atoms with Crippen LogP contribution in [-0.4, -0.2) is 22.2 Å². The molecule has 126 valence electrons. The Bertz CT molecular complexity index is 464. The summed E-state index contributed by atoms with van der Waals surface area (Å²) in [6, 6.07) is 0. The lowest BCUT2D eigenvalue weighted by atomic mass is 9.44. The van der Waals surface area contributed by atoms with Crippen LogP contribution in [0.25, 0.3) is 0 Å². The van der Waals surface area contributed by atoms with Crippen LogP contribution >= 0.6 is 0 Å². The maximum atomic E-state index is 14.7. The quantitative estimate of drug-likeness (QED) is 0.708. The molecule has 0 heterocycles. The second-order valence-electron chi connectivity index (χ2n) is 9.30. The topological polar surface area (TPSA) is 40.5 Å². The molecular formula is C19H31FO2. The zero-order chi connectivity index (χ0) is 15.8. The number of aliphatic hydroxyl groups is 2. The molecule has 2 N–H and O–H groups in total. The maximum absolute atomic E-state index is 14.7. The van der Waals surface area contributed by atoms with Gasteiger partial charge in [0.05, 0.1) is 6.10 Å². The highest BCUT2D eigenvalue weighted by atomic mass is 19.2. The lowest BCUT2D eigenvalue weighted by Gasteiger charge is -2.61. The molecule has 0 spiro atoms. The smallest absolute Gasteiger partial charge is 0.212 e. The van der Waals surface area contributed by atoms with E-state index in [1.807, 2.05) is 6.92 Å². The molecule has 22 heavy (non-hydrogen) atoms. The van der Waals surface area contributed by atoms with Gasteiger partial charge >= 0.3 is 0 Å². The molecule has 4 aliphatic rings. The fraction of sp³-hybridized carbons (Fsp3) is 1.00. The average Bonchev–Trinajstić information content (AvgIpc) is 2.70. The van der Waals surface area contributed by atoms with Crippen molar-refractivity contribution in [1.29, 1.82) is 0 Å². The van der Waals surface area contributed by atoms with E-state index < -0.39 is 11.3 Å². The molecule has 4 fully saturated rings. The molecule has 0 aromatic rings. The van der Waals surface area contributed by atoms with Crippen molar-refractivity contribution >= 4 is 0 Å². The SMILES string of the molecule is C[C@]12CCCCC1CC(O)[C@@H]1[C@H]2CC[C@@]2(C)[C@H]1CCC2(O)F. The second-order valence-corrected chi connectivity index (χ2v) is 9.30. The highest BCUT2D eigenvalue weighted by Gasteiger charge is 2.66. The minimum atomic E-state index is -2.04. The van der Waals surface area contributed by atoms with Crippen LogP contribution in [0, 0.1) is 34.5 Å². The summed E-state index contributed by atoms with van der Waals surface area (Å²) < 4.78 is 14.7. The number of hydrogen-bond acceptors (Lipinski definition) is 2. The first kappa shape index (κ1) is 15.4. The van der Waals surface area contributed by atoms with Crippen LogP contribution < -0.4 is 0 Å². The molecule has 4 saturated carbocycles. The summed E-state index contributed by atoms with van der Waals surface area (Å²) in [5.74, 6) is -0.521. The van der Waals surface area contributed by atoms with Crippen molar-refractivity contribution in [3.63, 3.8) is 0 Å². The molecule has 4 rings (SSSR count). The van der Waals surface area contributed by atoms with E-state index >= 15 is 0 Å². The van der Waals surface area contributed by atoms with E-state index in [1.165, 1.54) is 25.7 Å². The predicted molar refractivity (Wildman–Crippen MR) is 83.8 cm³/mol. The fourth-order valence-electron chi connectivity index (χ4n) is 7.22. The molecule has 3 heteroatoms. The van der Waals surface area contributed by atoms with E-state index in [0.29, 0.717) is 17.3 Å². The van der Waals surface area contributed by atoms with Gasteiger partial charge < -0.3 is 10.2 Å². The normalized spacial score (nSPS) is 61.2. The van der Waals surface area contributed by atoms with E-state index in [2.05, 4.69) is 6.92 Å². The number of halogens is 1. The monoisotopic (exact) mass is 310 g/mol. The summed E-state index contributed by atoms with van der Waals surface area (Å²) in [7, 11) is 0. The summed E-state index contributed by atoms with van der Waals surface area (Å²) >= 11 is 0. The first-order valence-electron chi connectivity index (χ1n) is 9.39. The van der Waals surface area contributed by atoms with E-state index in [4.69, 9.17) is 0 Å². The standard InChI is InChI=1S/C19H31FO2/c1-17-8-4-3-5-12(17)11-15(21)16-13(17)6-9-18(2)14(16)7-10-19(18,20)22/h12-16,21-22H,3-11H2,1-2H3/t12?,13-,14+,15?,16-,17+,18+,19?/m1/s1. The lowest BCUT2D eigenvalue weighted by Crippen LogP contribution is -2.59. The van der Waals surface area contributed by atoms with Gasteiger partial charge in [0.15, 0.2) is 0 Å². The number of alkyl halides is 1. The summed E-state index contributed by atoms with van der Waals surface area (Å²) in [5, 5.41) is 21.2. The van der Waals surface area contributed by atoms with Gasteiger partial charge in [-0.3, -0.25) is 0 Å². The van der Waals surface area contributed by atoms with E-state index in [1.54, 1.807) is 0 Å². The maximum Gasteiger partial charge on any atom is 0.212 e. The van der Waals surface area contributed by atoms with Gasteiger partial charge in [0.2, 0.25) is 5.85 Å². The summed E-state index contributed by atoms with van der Waals surface area (Å²) in [6.07, 6.45) is 8.49. The summed E-state index contributed by atoms with van der Waals surface area (Å²) in [6.45, 7) is 4.38. The van der Waals surface area contributed by atoms with Crippen molar-refractivity contribution in [1.82, 2.24) is 0 Å². The fourth-order valence-corrected chi connectivity index (χ4v) is 7.22. The second kappa shape index (κ2) is 4.69. The van der Waals surface area contributed by atoms with Crippen molar-refractivity contribution in [3.05, 3.63) is 0 Å². The highest BCUT2D eigenvalue weighted by molar-refractivity contribution is 5.12. The van der Waals surface area contributed by atoms with Crippen molar-refractivity contribution in [2.75, 3.05) is 0 Å². The predicted octanol–water partition coefficient (Wildman–Crippen LogP) is 4.05. The molecular weight excluding hydrogens is 279 g/mol. The third kappa shape index (κ3) is 1.79. The molecule has 0 aromatic heterocycles. The van der Waals surface area contributed by atoms with Gasteiger partial charge in [-0.05, 0) is 67.6 Å². The molecule has 0 bridgehead atoms. The van der Waals surface area contributed by atoms with Crippen LogP contribution in [0.15, 0.2) is 0 Å². The third-order valence-corrected chi connectivity index (χ3v) is 8.65. The van der Waals surface area contributed by atoms with Crippen LogP contribution in [0.2, 0.25) is 0 Å². The van der Waals surface area contributed by atoms with Crippen molar-refractivity contribution in [2.24, 2.45) is 34.5 Å². The van der Waals surface area contributed by atoms with E-state index in [0.717, 1.165) is 25.7 Å². The number of aliphatic hydroxyl groups excluding tert-OH is 1. The molecule has 0 aromatic carbocycles. The average molecular weight is 310 g/mol. The summed E-state index contributed by atoms with van der Waals surface area (Å²) in [4.78, 5) is 0. The molecule has 8 atom stereocenters. The van der Waals surface area contributed by atoms with Crippen molar-refractivity contribution in [2.45, 2.75) is 83.6 Å². The zero-order valence-corrected chi connectivity index (χ0v) is 14.0. The van der Waals surface area contributed by atoms with Crippen LogP contribution in [0.4, 0.5) is 4.39 Å². The van der Waals surface area contributed by atoms with E-state index in [-0.39, 0.29) is 24.4 Å². The van der Waals surface area contributed by atoms with Crippen LogP contribution in [0.1, 0.15) is 71.6 Å². The van der Waals surface area contributed by atoms with Gasteiger partial charge in [0.1, 0.15) is 0 Å². The van der Waals surface area contributed by atoms with Gasteiger partial charge in [0, 0.05) is 11.8 Å². The minimum absolute atomic E-state index is 0.149. The van der Waals surface area contributed by atoms with Crippen LogP contribution in [0.5, 0.6) is 0 Å². The Labute approximate surface area is 133 Å². The van der Waals surface area contributed by atoms with Crippen LogP contribution in [0.3, 0.4) is 0 Å². The molecule has 0 aliphatic heterocycles. The molecule has 0 radical (unpaired) electrons. The Hall–Kier alpha value is -0.150. The van der Waals surface area contributed by atoms with Gasteiger partial charge in [-0.15, -0.1) is 0 Å². The molecule has 0 saturated heterocycles. The van der Waals surface area contributed by atoms with Crippen molar-refractivity contribution < 1.29 is 14.6 Å². The van der Waals surface area contributed by atoms with Gasteiger partial charge in [-0.25, -0.2) is 4.39 Å². The Kier molecular flexibility index (Phi) is 3.28. The van der Waals surface area contributed by atoms with Gasteiger partial charge in [0.25, 0.3) is 0 Å². The van der Waals surface area contributed by atoms with E-state index in [9.17, 15) is 14.6 Å². The highest BCUT2D eigenvalue weighted by Crippen LogP contribution is 2.68. The first-order chi connectivity index (χ1) is 10.3. The Morgan fingerprint density at radius 3 is 2.45 bits per heavy atom. The Balaban J connectivity index is 1.70. The minimum Gasteiger partial charge on any atom is -0.393 e. The third-order valence-electron chi connectivity index (χ3n) is 8.65. The first-order valence-corrected chi connectivity index (χ1v) is 9.39. The molecule has 4 aliphatic carbocycles.